The monoisotopic (exact) mass is 243 g/mol. The number of carbonyl (C=O) groups is 1. The lowest BCUT2D eigenvalue weighted by molar-refractivity contribution is -0.122. The molecule has 94 valence electrons. The van der Waals surface area contributed by atoms with Gasteiger partial charge >= 0.3 is 0 Å². The van der Waals surface area contributed by atoms with E-state index in [9.17, 15) is 4.79 Å². The Kier molecular flexibility index (Phi) is 3.83. The number of hydrogen-bond donors (Lipinski definition) is 1. The van der Waals surface area contributed by atoms with Crippen LogP contribution in [0.15, 0.2) is 24.3 Å². The van der Waals surface area contributed by atoms with Crippen LogP contribution in [0.2, 0.25) is 0 Å². The summed E-state index contributed by atoms with van der Waals surface area (Å²) in [5, 5.41) is 11.5. The van der Waals surface area contributed by atoms with E-state index in [1.54, 1.807) is 19.2 Å². The number of hydrogen-bond acceptors (Lipinski definition) is 3. The van der Waals surface area contributed by atoms with Crippen LogP contribution in [0.25, 0.3) is 0 Å². The van der Waals surface area contributed by atoms with Crippen LogP contribution >= 0.6 is 0 Å². The summed E-state index contributed by atoms with van der Waals surface area (Å²) in [6, 6.07) is 9.44. The number of rotatable bonds is 2. The zero-order chi connectivity index (χ0) is 13.0. The highest BCUT2D eigenvalue weighted by Crippen LogP contribution is 2.25. The summed E-state index contributed by atoms with van der Waals surface area (Å²) in [6.07, 6.45) is 3.08. The molecule has 0 aliphatic carbocycles. The summed E-state index contributed by atoms with van der Waals surface area (Å²) in [4.78, 5) is 14.0. The lowest BCUT2D eigenvalue weighted by Gasteiger charge is -2.36. The minimum atomic E-state index is -0.0864. The van der Waals surface area contributed by atoms with E-state index in [0.29, 0.717) is 5.56 Å². The largest absolute Gasteiger partial charge is 0.360 e. The topological polar surface area (TPSA) is 56.1 Å². The van der Waals surface area contributed by atoms with Gasteiger partial charge in [-0.25, -0.2) is 0 Å². The van der Waals surface area contributed by atoms with Crippen molar-refractivity contribution in [2.45, 2.75) is 25.3 Å². The highest BCUT2D eigenvalue weighted by Gasteiger charge is 2.27. The quantitative estimate of drug-likeness (QED) is 0.859. The zero-order valence-electron chi connectivity index (χ0n) is 10.5. The second-order valence-electron chi connectivity index (χ2n) is 4.48. The molecule has 1 aliphatic heterocycles. The van der Waals surface area contributed by atoms with Gasteiger partial charge in [-0.1, -0.05) is 0 Å². The van der Waals surface area contributed by atoms with Crippen molar-refractivity contribution in [1.29, 1.82) is 5.26 Å². The molecule has 2 rings (SSSR count). The predicted molar refractivity (Wildman–Crippen MR) is 70.2 cm³/mol. The maximum absolute atomic E-state index is 11.9. The van der Waals surface area contributed by atoms with Crippen molar-refractivity contribution in [2.75, 3.05) is 18.5 Å². The number of amides is 1. The van der Waals surface area contributed by atoms with Gasteiger partial charge in [-0.15, -0.1) is 0 Å². The number of piperidine rings is 1. The van der Waals surface area contributed by atoms with Crippen LogP contribution in [-0.4, -0.2) is 25.5 Å². The van der Waals surface area contributed by atoms with E-state index in [4.69, 9.17) is 5.26 Å². The average molecular weight is 243 g/mol. The van der Waals surface area contributed by atoms with Gasteiger partial charge in [0.1, 0.15) is 6.04 Å². The molecule has 4 nitrogen and oxygen atoms in total. The number of nitriles is 1. The highest BCUT2D eigenvalue weighted by molar-refractivity contribution is 5.85. The summed E-state index contributed by atoms with van der Waals surface area (Å²) in [7, 11) is 1.67. The SMILES string of the molecule is CNC(=O)C1CCCCN1c1ccc(C#N)cc1. The van der Waals surface area contributed by atoms with Crippen LogP contribution in [-0.2, 0) is 4.79 Å². The maximum Gasteiger partial charge on any atom is 0.242 e. The normalized spacial score (nSPS) is 19.1. The van der Waals surface area contributed by atoms with E-state index >= 15 is 0 Å². The molecule has 1 unspecified atom stereocenters. The van der Waals surface area contributed by atoms with Gasteiger partial charge in [-0.3, -0.25) is 4.79 Å². The molecule has 1 aliphatic rings. The molecular formula is C14H17N3O. The molecule has 1 atom stereocenters. The summed E-state index contributed by atoms with van der Waals surface area (Å²) in [5.41, 5.74) is 1.66. The Labute approximate surface area is 107 Å². The Morgan fingerprint density at radius 2 is 2.11 bits per heavy atom. The van der Waals surface area contributed by atoms with Crippen LogP contribution in [0.5, 0.6) is 0 Å². The van der Waals surface area contributed by atoms with Gasteiger partial charge in [-0.05, 0) is 43.5 Å². The van der Waals surface area contributed by atoms with Crippen molar-refractivity contribution in [3.05, 3.63) is 29.8 Å². The molecular weight excluding hydrogens is 226 g/mol. The molecule has 1 saturated heterocycles. The Balaban J connectivity index is 2.22. The first-order valence-corrected chi connectivity index (χ1v) is 6.24. The fraction of sp³-hybridized carbons (Fsp3) is 0.429. The standard InChI is InChI=1S/C14H17N3O/c1-16-14(18)13-4-2-3-9-17(13)12-7-5-11(10-15)6-8-12/h5-8,13H,2-4,9H2,1H3,(H,16,18). The van der Waals surface area contributed by atoms with E-state index in [-0.39, 0.29) is 11.9 Å². The fourth-order valence-electron chi connectivity index (χ4n) is 2.41. The highest BCUT2D eigenvalue weighted by atomic mass is 16.2. The maximum atomic E-state index is 11.9. The number of likely N-dealkylation sites (N-methyl/N-ethyl adjacent to an activating group) is 1. The summed E-state index contributed by atoms with van der Waals surface area (Å²) in [5.74, 6) is 0.0686. The molecule has 0 bridgehead atoms. The van der Waals surface area contributed by atoms with Crippen molar-refractivity contribution in [3.63, 3.8) is 0 Å². The molecule has 0 saturated carbocycles. The molecule has 1 N–H and O–H groups in total. The summed E-state index contributed by atoms with van der Waals surface area (Å²) >= 11 is 0. The van der Waals surface area contributed by atoms with E-state index in [0.717, 1.165) is 31.5 Å². The van der Waals surface area contributed by atoms with Crippen LogP contribution in [0, 0.1) is 11.3 Å². The second-order valence-corrected chi connectivity index (χ2v) is 4.48. The molecule has 18 heavy (non-hydrogen) atoms. The zero-order valence-corrected chi connectivity index (χ0v) is 10.5. The minimum absolute atomic E-state index is 0.0686. The van der Waals surface area contributed by atoms with E-state index in [1.807, 2.05) is 12.1 Å². The Hall–Kier alpha value is -2.02. The van der Waals surface area contributed by atoms with Crippen molar-refractivity contribution in [2.24, 2.45) is 0 Å². The number of carbonyl (C=O) groups excluding carboxylic acids is 1. The molecule has 1 aromatic rings. The van der Waals surface area contributed by atoms with Crippen molar-refractivity contribution in [3.8, 4) is 6.07 Å². The van der Waals surface area contributed by atoms with Crippen LogP contribution in [0.3, 0.4) is 0 Å². The molecule has 0 radical (unpaired) electrons. The van der Waals surface area contributed by atoms with Crippen LogP contribution < -0.4 is 10.2 Å². The van der Waals surface area contributed by atoms with Gasteiger partial charge in [0.2, 0.25) is 5.91 Å². The third kappa shape index (κ3) is 2.45. The third-order valence-corrected chi connectivity index (χ3v) is 3.38. The Morgan fingerprint density at radius 3 is 2.72 bits per heavy atom. The van der Waals surface area contributed by atoms with Gasteiger partial charge in [0, 0.05) is 19.3 Å². The minimum Gasteiger partial charge on any atom is -0.360 e. The molecule has 1 fully saturated rings. The van der Waals surface area contributed by atoms with E-state index in [2.05, 4.69) is 16.3 Å². The fourth-order valence-corrected chi connectivity index (χ4v) is 2.41. The first-order valence-electron chi connectivity index (χ1n) is 6.24. The Bertz CT molecular complexity index is 461. The van der Waals surface area contributed by atoms with Gasteiger partial charge in [0.15, 0.2) is 0 Å². The van der Waals surface area contributed by atoms with E-state index < -0.39 is 0 Å². The van der Waals surface area contributed by atoms with Crippen LogP contribution in [0.1, 0.15) is 24.8 Å². The van der Waals surface area contributed by atoms with Gasteiger partial charge in [-0.2, -0.15) is 5.26 Å². The lowest BCUT2D eigenvalue weighted by atomic mass is 10.00. The van der Waals surface area contributed by atoms with Crippen molar-refractivity contribution >= 4 is 11.6 Å². The van der Waals surface area contributed by atoms with E-state index in [1.165, 1.54) is 0 Å². The Morgan fingerprint density at radius 1 is 1.39 bits per heavy atom. The number of anilines is 1. The number of nitrogens with zero attached hydrogens (tertiary/aromatic N) is 2. The van der Waals surface area contributed by atoms with Crippen molar-refractivity contribution in [1.82, 2.24) is 5.32 Å². The first kappa shape index (κ1) is 12.4. The third-order valence-electron chi connectivity index (χ3n) is 3.38. The number of nitrogens with one attached hydrogen (secondary N) is 1. The van der Waals surface area contributed by atoms with Gasteiger partial charge in [0.05, 0.1) is 11.6 Å². The molecule has 1 amide bonds. The number of benzene rings is 1. The van der Waals surface area contributed by atoms with Crippen LogP contribution in [0.4, 0.5) is 5.69 Å². The molecule has 1 aromatic carbocycles. The lowest BCUT2D eigenvalue weighted by Crippen LogP contribution is -2.48. The average Bonchev–Trinajstić information content (AvgIpc) is 2.46. The smallest absolute Gasteiger partial charge is 0.242 e. The molecule has 4 heteroatoms. The summed E-state index contributed by atoms with van der Waals surface area (Å²) in [6.45, 7) is 0.893. The predicted octanol–water partition coefficient (Wildman–Crippen LogP) is 1.66. The summed E-state index contributed by atoms with van der Waals surface area (Å²) < 4.78 is 0. The van der Waals surface area contributed by atoms with Gasteiger partial charge < -0.3 is 10.2 Å². The first-order chi connectivity index (χ1) is 8.76. The second kappa shape index (κ2) is 5.54. The van der Waals surface area contributed by atoms with Crippen molar-refractivity contribution < 1.29 is 4.79 Å². The molecule has 1 heterocycles. The molecule has 0 aromatic heterocycles. The molecule has 0 spiro atoms. The van der Waals surface area contributed by atoms with Gasteiger partial charge in [0.25, 0.3) is 0 Å².